The number of hydrogen-bond donors (Lipinski definition) is 1. The van der Waals surface area contributed by atoms with Gasteiger partial charge in [0.2, 0.25) is 0 Å². The highest BCUT2D eigenvalue weighted by molar-refractivity contribution is 5.78. The van der Waals surface area contributed by atoms with Gasteiger partial charge in [0.25, 0.3) is 5.91 Å². The number of aliphatic carboxylic acids is 1. The Morgan fingerprint density at radius 2 is 1.70 bits per heavy atom. The average molecular weight is 321 g/mol. The highest BCUT2D eigenvalue weighted by atomic mass is 16.5. The van der Waals surface area contributed by atoms with Gasteiger partial charge in [-0.05, 0) is 49.9 Å². The van der Waals surface area contributed by atoms with Crippen LogP contribution in [-0.2, 0) is 9.59 Å². The smallest absolute Gasteiger partial charge is 0.303 e. The SMILES string of the molecule is CCOc1ccc(OCC(=O)N2CCC(CC(=O)O)CC2)cc1. The molecule has 1 N–H and O–H groups in total. The van der Waals surface area contributed by atoms with E-state index in [1.807, 2.05) is 6.92 Å². The van der Waals surface area contributed by atoms with E-state index in [0.29, 0.717) is 25.4 Å². The van der Waals surface area contributed by atoms with E-state index in [2.05, 4.69) is 0 Å². The van der Waals surface area contributed by atoms with Crippen LogP contribution in [0.25, 0.3) is 0 Å². The van der Waals surface area contributed by atoms with E-state index in [-0.39, 0.29) is 24.9 Å². The summed E-state index contributed by atoms with van der Waals surface area (Å²) in [6, 6.07) is 7.16. The number of carbonyl (C=O) groups is 2. The lowest BCUT2D eigenvalue weighted by Crippen LogP contribution is -2.41. The largest absolute Gasteiger partial charge is 0.494 e. The Hall–Kier alpha value is -2.24. The van der Waals surface area contributed by atoms with E-state index in [1.54, 1.807) is 29.2 Å². The van der Waals surface area contributed by atoms with Crippen LogP contribution < -0.4 is 9.47 Å². The Labute approximate surface area is 136 Å². The number of hydrogen-bond acceptors (Lipinski definition) is 4. The summed E-state index contributed by atoms with van der Waals surface area (Å²) in [6.45, 7) is 3.73. The summed E-state index contributed by atoms with van der Waals surface area (Å²) in [7, 11) is 0. The number of likely N-dealkylation sites (tertiary alicyclic amines) is 1. The van der Waals surface area contributed by atoms with Crippen LogP contribution in [0.5, 0.6) is 11.5 Å². The van der Waals surface area contributed by atoms with Crippen molar-refractivity contribution in [1.82, 2.24) is 4.90 Å². The lowest BCUT2D eigenvalue weighted by molar-refractivity contribution is -0.139. The van der Waals surface area contributed by atoms with Crippen molar-refractivity contribution >= 4 is 11.9 Å². The molecule has 0 aliphatic carbocycles. The Kier molecular flexibility index (Phi) is 6.26. The molecule has 6 heteroatoms. The van der Waals surface area contributed by atoms with E-state index in [0.717, 1.165) is 18.6 Å². The molecule has 1 aliphatic rings. The third kappa shape index (κ3) is 5.47. The maximum Gasteiger partial charge on any atom is 0.303 e. The summed E-state index contributed by atoms with van der Waals surface area (Å²) in [5.74, 6) is 0.735. The summed E-state index contributed by atoms with van der Waals surface area (Å²) in [5, 5.41) is 8.79. The van der Waals surface area contributed by atoms with Crippen molar-refractivity contribution in [2.45, 2.75) is 26.2 Å². The summed E-state index contributed by atoms with van der Waals surface area (Å²) < 4.78 is 10.9. The highest BCUT2D eigenvalue weighted by Gasteiger charge is 2.24. The molecule has 1 aromatic rings. The number of amides is 1. The minimum Gasteiger partial charge on any atom is -0.494 e. The number of carboxylic acids is 1. The first kappa shape index (κ1) is 17.1. The molecular formula is C17H23NO5. The molecule has 0 unspecified atom stereocenters. The third-order valence-electron chi connectivity index (χ3n) is 3.93. The van der Waals surface area contributed by atoms with Gasteiger partial charge in [0, 0.05) is 19.5 Å². The first-order chi connectivity index (χ1) is 11.1. The molecule has 6 nitrogen and oxygen atoms in total. The van der Waals surface area contributed by atoms with Crippen molar-refractivity contribution in [3.8, 4) is 11.5 Å². The number of rotatable bonds is 7. The normalized spacial score (nSPS) is 15.3. The molecule has 0 spiro atoms. The quantitative estimate of drug-likeness (QED) is 0.833. The molecule has 1 aliphatic heterocycles. The molecule has 1 saturated heterocycles. The first-order valence-electron chi connectivity index (χ1n) is 7.93. The number of ether oxygens (including phenoxy) is 2. The fourth-order valence-electron chi connectivity index (χ4n) is 2.67. The molecule has 0 aromatic heterocycles. The fourth-order valence-corrected chi connectivity index (χ4v) is 2.67. The van der Waals surface area contributed by atoms with Crippen molar-refractivity contribution in [2.75, 3.05) is 26.3 Å². The van der Waals surface area contributed by atoms with Crippen LogP contribution in [0.1, 0.15) is 26.2 Å². The van der Waals surface area contributed by atoms with Crippen LogP contribution >= 0.6 is 0 Å². The summed E-state index contributed by atoms with van der Waals surface area (Å²) in [5.41, 5.74) is 0. The van der Waals surface area contributed by atoms with Crippen molar-refractivity contribution in [3.05, 3.63) is 24.3 Å². The molecule has 126 valence electrons. The van der Waals surface area contributed by atoms with Crippen molar-refractivity contribution < 1.29 is 24.2 Å². The summed E-state index contributed by atoms with van der Waals surface area (Å²) in [4.78, 5) is 24.6. The van der Waals surface area contributed by atoms with Gasteiger partial charge >= 0.3 is 5.97 Å². The van der Waals surface area contributed by atoms with Gasteiger partial charge in [-0.1, -0.05) is 0 Å². The Morgan fingerprint density at radius 3 is 2.22 bits per heavy atom. The topological polar surface area (TPSA) is 76.1 Å². The second-order valence-electron chi connectivity index (χ2n) is 5.62. The van der Waals surface area contributed by atoms with E-state index in [9.17, 15) is 9.59 Å². The van der Waals surface area contributed by atoms with Crippen molar-refractivity contribution in [3.63, 3.8) is 0 Å². The van der Waals surface area contributed by atoms with E-state index in [4.69, 9.17) is 14.6 Å². The van der Waals surface area contributed by atoms with E-state index >= 15 is 0 Å². The number of carbonyl (C=O) groups excluding carboxylic acids is 1. The van der Waals surface area contributed by atoms with Crippen molar-refractivity contribution in [2.24, 2.45) is 5.92 Å². The molecule has 1 fully saturated rings. The molecule has 0 atom stereocenters. The third-order valence-corrected chi connectivity index (χ3v) is 3.93. The minimum atomic E-state index is -0.770. The molecule has 1 aromatic carbocycles. The number of benzene rings is 1. The highest BCUT2D eigenvalue weighted by Crippen LogP contribution is 2.21. The first-order valence-corrected chi connectivity index (χ1v) is 7.93. The van der Waals surface area contributed by atoms with Gasteiger partial charge < -0.3 is 19.5 Å². The zero-order chi connectivity index (χ0) is 16.7. The van der Waals surface area contributed by atoms with Crippen LogP contribution in [0.4, 0.5) is 0 Å². The van der Waals surface area contributed by atoms with Gasteiger partial charge in [-0.3, -0.25) is 9.59 Å². The van der Waals surface area contributed by atoms with Crippen LogP contribution in [0.15, 0.2) is 24.3 Å². The van der Waals surface area contributed by atoms with Gasteiger partial charge in [-0.15, -0.1) is 0 Å². The monoisotopic (exact) mass is 321 g/mol. The van der Waals surface area contributed by atoms with Crippen LogP contribution in [0.2, 0.25) is 0 Å². The Bertz CT molecular complexity index is 520. The Balaban J connectivity index is 1.74. The zero-order valence-electron chi connectivity index (χ0n) is 13.4. The lowest BCUT2D eigenvalue weighted by atomic mass is 9.94. The molecule has 1 heterocycles. The van der Waals surface area contributed by atoms with Gasteiger partial charge in [0.05, 0.1) is 6.61 Å². The van der Waals surface area contributed by atoms with E-state index in [1.165, 1.54) is 0 Å². The molecule has 23 heavy (non-hydrogen) atoms. The number of piperidine rings is 1. The van der Waals surface area contributed by atoms with Crippen LogP contribution in [0.3, 0.4) is 0 Å². The molecular weight excluding hydrogens is 298 g/mol. The van der Waals surface area contributed by atoms with Crippen molar-refractivity contribution in [1.29, 1.82) is 0 Å². The maximum atomic E-state index is 12.1. The standard InChI is InChI=1S/C17H23NO5/c1-2-22-14-3-5-15(6-4-14)23-12-16(19)18-9-7-13(8-10-18)11-17(20)21/h3-6,13H,2,7-12H2,1H3,(H,20,21). The minimum absolute atomic E-state index is 0.00240. The molecule has 0 bridgehead atoms. The average Bonchev–Trinajstić information content (AvgIpc) is 2.54. The van der Waals surface area contributed by atoms with Gasteiger partial charge in [-0.25, -0.2) is 0 Å². The van der Waals surface area contributed by atoms with Gasteiger partial charge in [-0.2, -0.15) is 0 Å². The lowest BCUT2D eigenvalue weighted by Gasteiger charge is -2.31. The fraction of sp³-hybridized carbons (Fsp3) is 0.529. The predicted molar refractivity (Wildman–Crippen MR) is 84.7 cm³/mol. The second-order valence-corrected chi connectivity index (χ2v) is 5.62. The Morgan fingerprint density at radius 1 is 1.13 bits per heavy atom. The maximum absolute atomic E-state index is 12.1. The molecule has 2 rings (SSSR count). The van der Waals surface area contributed by atoms with E-state index < -0.39 is 5.97 Å². The predicted octanol–water partition coefficient (Wildman–Crippen LogP) is 2.18. The molecule has 0 saturated carbocycles. The summed E-state index contributed by atoms with van der Waals surface area (Å²) >= 11 is 0. The molecule has 0 radical (unpaired) electrons. The van der Waals surface area contributed by atoms with Gasteiger partial charge in [0.1, 0.15) is 11.5 Å². The second kappa shape index (κ2) is 8.41. The van der Waals surface area contributed by atoms with Crippen LogP contribution in [0, 0.1) is 5.92 Å². The number of nitrogens with zero attached hydrogens (tertiary/aromatic N) is 1. The van der Waals surface area contributed by atoms with Gasteiger partial charge in [0.15, 0.2) is 6.61 Å². The van der Waals surface area contributed by atoms with Crippen LogP contribution in [-0.4, -0.2) is 48.2 Å². The zero-order valence-corrected chi connectivity index (χ0v) is 13.4. The summed E-state index contributed by atoms with van der Waals surface area (Å²) in [6.07, 6.45) is 1.66. The molecule has 1 amide bonds. The number of carboxylic acid groups (broad SMARTS) is 1.